The van der Waals surface area contributed by atoms with Crippen LogP contribution in [0, 0.1) is 0 Å². The van der Waals surface area contributed by atoms with Gasteiger partial charge in [-0.2, -0.15) is 0 Å². The quantitative estimate of drug-likeness (QED) is 0.388. The highest BCUT2D eigenvalue weighted by atomic mass is 16.4. The normalized spacial score (nSPS) is 11.7. The molecule has 0 unspecified atom stereocenters. The molecule has 9 heavy (non-hydrogen) atoms. The second-order valence-electron chi connectivity index (χ2n) is 3.28. The van der Waals surface area contributed by atoms with Crippen LogP contribution in [0.2, 0.25) is 6.32 Å². The third-order valence-electron chi connectivity index (χ3n) is 1.06. The van der Waals surface area contributed by atoms with Crippen LogP contribution in [0.4, 0.5) is 0 Å². The molecule has 0 spiro atoms. The molecule has 0 aliphatic carbocycles. The van der Waals surface area contributed by atoms with Crippen LogP contribution < -0.4 is 0 Å². The molecule has 4 heteroatoms. The third-order valence-corrected chi connectivity index (χ3v) is 1.06. The van der Waals surface area contributed by atoms with Crippen molar-refractivity contribution in [3.63, 3.8) is 0 Å². The fourth-order valence-corrected chi connectivity index (χ4v) is 0.503. The minimum Gasteiger partial charge on any atom is -0.427 e. The Morgan fingerprint density at radius 1 is 1.22 bits per heavy atom. The minimum absolute atomic E-state index is 0.448. The van der Waals surface area contributed by atoms with Crippen molar-refractivity contribution in [1.82, 2.24) is 0 Å². The van der Waals surface area contributed by atoms with Crippen molar-refractivity contribution in [2.45, 2.75) is 6.32 Å². The van der Waals surface area contributed by atoms with E-state index < -0.39 is 7.12 Å². The molecule has 0 rings (SSSR count). The van der Waals surface area contributed by atoms with Gasteiger partial charge in [-0.05, 0) is 0 Å². The van der Waals surface area contributed by atoms with Gasteiger partial charge in [0.05, 0.1) is 27.7 Å². The SMILES string of the molecule is C[N+](C)(C)CCB(O)O. The summed E-state index contributed by atoms with van der Waals surface area (Å²) in [4.78, 5) is 0. The summed E-state index contributed by atoms with van der Waals surface area (Å²) in [6.07, 6.45) is 0.448. The van der Waals surface area contributed by atoms with E-state index in [0.29, 0.717) is 6.32 Å². The molecule has 0 saturated carbocycles. The molecule has 0 heterocycles. The Labute approximate surface area is 56.6 Å². The third kappa shape index (κ3) is 7.94. The van der Waals surface area contributed by atoms with E-state index in [1.54, 1.807) is 0 Å². The summed E-state index contributed by atoms with van der Waals surface area (Å²) in [6, 6.07) is 0. The van der Waals surface area contributed by atoms with Crippen LogP contribution in [0.3, 0.4) is 0 Å². The minimum atomic E-state index is -1.15. The molecule has 2 N–H and O–H groups in total. The molecule has 0 aromatic heterocycles. The molecule has 3 nitrogen and oxygen atoms in total. The van der Waals surface area contributed by atoms with E-state index in [0.717, 1.165) is 11.0 Å². The van der Waals surface area contributed by atoms with Gasteiger partial charge in [0, 0.05) is 6.32 Å². The lowest BCUT2D eigenvalue weighted by Gasteiger charge is -2.23. The fourth-order valence-electron chi connectivity index (χ4n) is 0.503. The van der Waals surface area contributed by atoms with E-state index in [1.807, 2.05) is 21.1 Å². The van der Waals surface area contributed by atoms with Crippen molar-refractivity contribution in [2.75, 3.05) is 27.7 Å². The highest BCUT2D eigenvalue weighted by molar-refractivity contribution is 6.41. The molecule has 0 atom stereocenters. The van der Waals surface area contributed by atoms with E-state index >= 15 is 0 Å². The Kier molecular flexibility index (Phi) is 3.18. The first-order valence-electron chi connectivity index (χ1n) is 3.08. The molecule has 0 aliphatic rings. The Balaban J connectivity index is 3.28. The molecule has 0 amide bonds. The summed E-state index contributed by atoms with van der Waals surface area (Å²) >= 11 is 0. The average molecular weight is 132 g/mol. The van der Waals surface area contributed by atoms with Crippen LogP contribution in [-0.2, 0) is 0 Å². The van der Waals surface area contributed by atoms with Gasteiger partial charge in [0.1, 0.15) is 0 Å². The maximum Gasteiger partial charge on any atom is 0.457 e. The number of hydrogen-bond donors (Lipinski definition) is 2. The zero-order valence-corrected chi connectivity index (χ0v) is 6.33. The van der Waals surface area contributed by atoms with Gasteiger partial charge in [-0.3, -0.25) is 0 Å². The van der Waals surface area contributed by atoms with E-state index in [4.69, 9.17) is 10.0 Å². The van der Waals surface area contributed by atoms with Crippen molar-refractivity contribution in [3.05, 3.63) is 0 Å². The van der Waals surface area contributed by atoms with Crippen LogP contribution >= 0.6 is 0 Å². The van der Waals surface area contributed by atoms with Crippen LogP contribution in [0.15, 0.2) is 0 Å². The molecule has 0 bridgehead atoms. The average Bonchev–Trinajstić information content (AvgIpc) is 1.59. The largest absolute Gasteiger partial charge is 0.457 e. The topological polar surface area (TPSA) is 40.5 Å². The molecule has 0 saturated heterocycles. The van der Waals surface area contributed by atoms with Gasteiger partial charge in [-0.25, -0.2) is 0 Å². The van der Waals surface area contributed by atoms with Gasteiger partial charge in [-0.15, -0.1) is 0 Å². The van der Waals surface area contributed by atoms with Gasteiger partial charge < -0.3 is 14.5 Å². The molecular weight excluding hydrogens is 117 g/mol. The van der Waals surface area contributed by atoms with Crippen molar-refractivity contribution in [3.8, 4) is 0 Å². The molecule has 0 aromatic carbocycles. The molecule has 54 valence electrons. The molecular formula is C5H15BNO2+. The summed E-state index contributed by atoms with van der Waals surface area (Å²) in [5.74, 6) is 0. The standard InChI is InChI=1S/C5H15BNO2/c1-7(2,3)5-4-6(8)9/h8-9H,4-5H2,1-3H3/q+1. The van der Waals surface area contributed by atoms with Gasteiger partial charge in [0.15, 0.2) is 0 Å². The van der Waals surface area contributed by atoms with Crippen molar-refractivity contribution >= 4 is 7.12 Å². The summed E-state index contributed by atoms with van der Waals surface area (Å²) < 4.78 is 0.775. The van der Waals surface area contributed by atoms with Gasteiger partial charge >= 0.3 is 7.12 Å². The number of hydrogen-bond acceptors (Lipinski definition) is 2. The zero-order valence-electron chi connectivity index (χ0n) is 6.33. The second-order valence-corrected chi connectivity index (χ2v) is 3.28. The van der Waals surface area contributed by atoms with Gasteiger partial charge in [0.25, 0.3) is 0 Å². The summed E-state index contributed by atoms with van der Waals surface area (Å²) in [5.41, 5.74) is 0. The highest BCUT2D eigenvalue weighted by Crippen LogP contribution is 1.94. The van der Waals surface area contributed by atoms with E-state index in [1.165, 1.54) is 0 Å². The number of nitrogens with zero attached hydrogens (tertiary/aromatic N) is 1. The number of quaternary nitrogens is 1. The molecule has 0 aliphatic heterocycles. The van der Waals surface area contributed by atoms with Crippen LogP contribution in [0.1, 0.15) is 0 Å². The van der Waals surface area contributed by atoms with Crippen molar-refractivity contribution in [2.24, 2.45) is 0 Å². The van der Waals surface area contributed by atoms with E-state index in [-0.39, 0.29) is 0 Å². The van der Waals surface area contributed by atoms with Crippen LogP contribution in [0.5, 0.6) is 0 Å². The predicted octanol–water partition coefficient (Wildman–Crippen LogP) is -0.835. The monoisotopic (exact) mass is 132 g/mol. The molecule has 0 radical (unpaired) electrons. The maximum absolute atomic E-state index is 8.46. The van der Waals surface area contributed by atoms with Gasteiger partial charge in [0.2, 0.25) is 0 Å². The van der Waals surface area contributed by atoms with Crippen LogP contribution in [0.25, 0.3) is 0 Å². The first kappa shape index (κ1) is 8.94. The summed E-state index contributed by atoms with van der Waals surface area (Å²) in [7, 11) is 4.90. The van der Waals surface area contributed by atoms with E-state index in [2.05, 4.69) is 0 Å². The molecule has 0 fully saturated rings. The number of rotatable bonds is 3. The summed E-state index contributed by atoms with van der Waals surface area (Å²) in [6.45, 7) is 0.789. The smallest absolute Gasteiger partial charge is 0.427 e. The van der Waals surface area contributed by atoms with Crippen LogP contribution in [-0.4, -0.2) is 49.3 Å². The Morgan fingerprint density at radius 3 is 1.78 bits per heavy atom. The zero-order chi connectivity index (χ0) is 7.49. The highest BCUT2D eigenvalue weighted by Gasteiger charge is 2.13. The van der Waals surface area contributed by atoms with Crippen molar-refractivity contribution in [1.29, 1.82) is 0 Å². The maximum atomic E-state index is 8.46. The summed E-state index contributed by atoms with van der Waals surface area (Å²) in [5, 5.41) is 16.9. The fraction of sp³-hybridized carbons (Fsp3) is 1.00. The predicted molar refractivity (Wildman–Crippen MR) is 37.9 cm³/mol. The van der Waals surface area contributed by atoms with Crippen molar-refractivity contribution < 1.29 is 14.5 Å². The first-order valence-corrected chi connectivity index (χ1v) is 3.08. The van der Waals surface area contributed by atoms with E-state index in [9.17, 15) is 0 Å². The Morgan fingerprint density at radius 2 is 1.67 bits per heavy atom. The Bertz CT molecular complexity index is 79.5. The lowest BCUT2D eigenvalue weighted by atomic mass is 9.86. The Hall–Kier alpha value is -0.0551. The molecule has 0 aromatic rings. The second kappa shape index (κ2) is 3.20. The first-order chi connectivity index (χ1) is 3.92. The van der Waals surface area contributed by atoms with Gasteiger partial charge in [-0.1, -0.05) is 0 Å². The lowest BCUT2D eigenvalue weighted by molar-refractivity contribution is -0.868. The lowest BCUT2D eigenvalue weighted by Crippen LogP contribution is -2.37.